The standard InChI is InChI=1S/C19H17F3N4O/c20-19(21,22)16-3-1-2-14(10-16)17-24-18(27-25-17)15-6-9-26(12-15)11-13-4-7-23-8-5-13/h1-5,7-8,10,15H,6,9,11-12H2. The number of nitrogens with zero attached hydrogens (tertiary/aromatic N) is 4. The Morgan fingerprint density at radius 2 is 1.96 bits per heavy atom. The SMILES string of the molecule is FC(F)(F)c1cccc(-c2noc(C3CCN(Cc4ccncc4)C3)n2)c1. The van der Waals surface area contributed by atoms with Gasteiger partial charge in [0.05, 0.1) is 11.5 Å². The largest absolute Gasteiger partial charge is 0.416 e. The lowest BCUT2D eigenvalue weighted by molar-refractivity contribution is -0.137. The van der Waals surface area contributed by atoms with Crippen molar-refractivity contribution in [3.05, 3.63) is 65.8 Å². The molecule has 2 aromatic heterocycles. The van der Waals surface area contributed by atoms with Gasteiger partial charge in [0, 0.05) is 31.0 Å². The van der Waals surface area contributed by atoms with Gasteiger partial charge in [0.15, 0.2) is 0 Å². The maximum Gasteiger partial charge on any atom is 0.416 e. The number of hydrogen-bond donors (Lipinski definition) is 0. The van der Waals surface area contributed by atoms with E-state index in [2.05, 4.69) is 20.0 Å². The third-order valence-corrected chi connectivity index (χ3v) is 4.67. The molecule has 3 aromatic rings. The van der Waals surface area contributed by atoms with Gasteiger partial charge in [-0.2, -0.15) is 18.2 Å². The molecule has 0 bridgehead atoms. The van der Waals surface area contributed by atoms with Crippen LogP contribution >= 0.6 is 0 Å². The van der Waals surface area contributed by atoms with Crippen LogP contribution in [0.1, 0.15) is 29.4 Å². The quantitative estimate of drug-likeness (QED) is 0.687. The molecule has 0 radical (unpaired) electrons. The molecule has 1 aliphatic rings. The van der Waals surface area contributed by atoms with Gasteiger partial charge in [0.2, 0.25) is 11.7 Å². The number of aromatic nitrogens is 3. The molecule has 0 amide bonds. The summed E-state index contributed by atoms with van der Waals surface area (Å²) in [5.41, 5.74) is 0.753. The summed E-state index contributed by atoms with van der Waals surface area (Å²) < 4.78 is 44.0. The molecule has 1 fully saturated rings. The van der Waals surface area contributed by atoms with Crippen LogP contribution < -0.4 is 0 Å². The van der Waals surface area contributed by atoms with Gasteiger partial charge in [-0.3, -0.25) is 9.88 Å². The molecule has 0 spiro atoms. The summed E-state index contributed by atoms with van der Waals surface area (Å²) in [6, 6.07) is 8.92. The van der Waals surface area contributed by atoms with Crippen LogP contribution in [-0.2, 0) is 12.7 Å². The Labute approximate surface area is 153 Å². The molecule has 1 saturated heterocycles. The van der Waals surface area contributed by atoms with Crippen molar-refractivity contribution >= 4 is 0 Å². The van der Waals surface area contributed by atoms with E-state index in [0.717, 1.165) is 38.2 Å². The maximum atomic E-state index is 12.9. The van der Waals surface area contributed by atoms with Crippen molar-refractivity contribution in [2.45, 2.75) is 25.1 Å². The van der Waals surface area contributed by atoms with E-state index in [9.17, 15) is 13.2 Å². The minimum absolute atomic E-state index is 0.0823. The molecule has 8 heteroatoms. The summed E-state index contributed by atoms with van der Waals surface area (Å²) in [4.78, 5) is 10.6. The third-order valence-electron chi connectivity index (χ3n) is 4.67. The Morgan fingerprint density at radius 1 is 1.15 bits per heavy atom. The second kappa shape index (κ2) is 7.11. The highest BCUT2D eigenvalue weighted by atomic mass is 19.4. The van der Waals surface area contributed by atoms with Gasteiger partial charge >= 0.3 is 6.18 Å². The molecular weight excluding hydrogens is 357 g/mol. The van der Waals surface area contributed by atoms with Crippen LogP contribution in [0.25, 0.3) is 11.4 Å². The summed E-state index contributed by atoms with van der Waals surface area (Å²) in [6.45, 7) is 2.48. The molecule has 140 valence electrons. The first kappa shape index (κ1) is 17.7. The van der Waals surface area contributed by atoms with E-state index in [0.29, 0.717) is 11.5 Å². The van der Waals surface area contributed by atoms with Gasteiger partial charge < -0.3 is 4.52 Å². The van der Waals surface area contributed by atoms with Gasteiger partial charge in [-0.05, 0) is 42.8 Å². The zero-order valence-electron chi connectivity index (χ0n) is 14.4. The van der Waals surface area contributed by atoms with Crippen LogP contribution in [0.5, 0.6) is 0 Å². The van der Waals surface area contributed by atoms with Crippen molar-refractivity contribution in [1.82, 2.24) is 20.0 Å². The topological polar surface area (TPSA) is 55.1 Å². The number of benzene rings is 1. The first-order valence-electron chi connectivity index (χ1n) is 8.61. The van der Waals surface area contributed by atoms with Gasteiger partial charge in [-0.25, -0.2) is 0 Å². The second-order valence-electron chi connectivity index (χ2n) is 6.61. The lowest BCUT2D eigenvalue weighted by Crippen LogP contribution is -2.19. The molecule has 4 rings (SSSR count). The van der Waals surface area contributed by atoms with Gasteiger partial charge in [0.25, 0.3) is 0 Å². The molecule has 27 heavy (non-hydrogen) atoms. The molecule has 0 N–H and O–H groups in total. The highest BCUT2D eigenvalue weighted by Crippen LogP contribution is 2.32. The number of hydrogen-bond acceptors (Lipinski definition) is 5. The monoisotopic (exact) mass is 374 g/mol. The molecular formula is C19H17F3N4O. The lowest BCUT2D eigenvalue weighted by atomic mass is 10.1. The predicted octanol–water partition coefficient (Wildman–Crippen LogP) is 4.14. The van der Waals surface area contributed by atoms with E-state index in [1.54, 1.807) is 18.5 Å². The van der Waals surface area contributed by atoms with E-state index >= 15 is 0 Å². The average Bonchev–Trinajstić information content (AvgIpc) is 3.31. The van der Waals surface area contributed by atoms with Crippen LogP contribution in [0.4, 0.5) is 13.2 Å². The number of alkyl halides is 3. The van der Waals surface area contributed by atoms with Crippen molar-refractivity contribution in [2.24, 2.45) is 0 Å². The summed E-state index contributed by atoms with van der Waals surface area (Å²) in [5.74, 6) is 0.738. The Balaban J connectivity index is 1.46. The molecule has 1 aliphatic heterocycles. The van der Waals surface area contributed by atoms with E-state index < -0.39 is 11.7 Å². The van der Waals surface area contributed by atoms with E-state index in [1.165, 1.54) is 11.6 Å². The minimum atomic E-state index is -4.40. The van der Waals surface area contributed by atoms with E-state index in [-0.39, 0.29) is 11.7 Å². The Kier molecular flexibility index (Phi) is 4.65. The first-order valence-corrected chi connectivity index (χ1v) is 8.61. The summed E-state index contributed by atoms with van der Waals surface area (Å²) >= 11 is 0. The van der Waals surface area contributed by atoms with Crippen molar-refractivity contribution in [1.29, 1.82) is 0 Å². The van der Waals surface area contributed by atoms with Crippen molar-refractivity contribution in [3.63, 3.8) is 0 Å². The third kappa shape index (κ3) is 4.00. The zero-order valence-corrected chi connectivity index (χ0v) is 14.4. The molecule has 3 heterocycles. The summed E-state index contributed by atoms with van der Waals surface area (Å²) in [5, 5.41) is 3.88. The Morgan fingerprint density at radius 3 is 2.74 bits per heavy atom. The molecule has 0 saturated carbocycles. The molecule has 5 nitrogen and oxygen atoms in total. The van der Waals surface area contributed by atoms with Crippen LogP contribution in [0.3, 0.4) is 0 Å². The number of halogens is 3. The fourth-order valence-electron chi connectivity index (χ4n) is 3.28. The summed E-state index contributed by atoms with van der Waals surface area (Å²) in [7, 11) is 0. The second-order valence-corrected chi connectivity index (χ2v) is 6.61. The van der Waals surface area contributed by atoms with Crippen LogP contribution in [0.2, 0.25) is 0 Å². The normalized spacial score (nSPS) is 18.1. The van der Waals surface area contributed by atoms with Crippen molar-refractivity contribution in [2.75, 3.05) is 13.1 Å². The average molecular weight is 374 g/mol. The highest BCUT2D eigenvalue weighted by molar-refractivity contribution is 5.55. The summed E-state index contributed by atoms with van der Waals surface area (Å²) in [6.07, 6.45) is 0.00125. The predicted molar refractivity (Wildman–Crippen MR) is 91.6 cm³/mol. The lowest BCUT2D eigenvalue weighted by Gasteiger charge is -2.14. The fourth-order valence-corrected chi connectivity index (χ4v) is 3.28. The first-order chi connectivity index (χ1) is 13.0. The zero-order chi connectivity index (χ0) is 18.9. The van der Waals surface area contributed by atoms with Crippen LogP contribution in [0.15, 0.2) is 53.3 Å². The number of pyridine rings is 1. The number of rotatable bonds is 4. The van der Waals surface area contributed by atoms with Gasteiger partial charge in [0.1, 0.15) is 0 Å². The van der Waals surface area contributed by atoms with Crippen molar-refractivity contribution in [3.8, 4) is 11.4 Å². The molecule has 1 unspecified atom stereocenters. The molecule has 1 atom stereocenters. The van der Waals surface area contributed by atoms with E-state index in [1.807, 2.05) is 12.1 Å². The maximum absolute atomic E-state index is 12.9. The molecule has 1 aromatic carbocycles. The Hall–Kier alpha value is -2.74. The van der Waals surface area contributed by atoms with E-state index in [4.69, 9.17) is 4.52 Å². The van der Waals surface area contributed by atoms with Crippen LogP contribution in [0, 0.1) is 0 Å². The van der Waals surface area contributed by atoms with Gasteiger partial charge in [-0.15, -0.1) is 0 Å². The number of likely N-dealkylation sites (tertiary alicyclic amines) is 1. The fraction of sp³-hybridized carbons (Fsp3) is 0.316. The van der Waals surface area contributed by atoms with Gasteiger partial charge in [-0.1, -0.05) is 17.3 Å². The van der Waals surface area contributed by atoms with Crippen LogP contribution in [-0.4, -0.2) is 33.1 Å². The van der Waals surface area contributed by atoms with Crippen molar-refractivity contribution < 1.29 is 17.7 Å². The minimum Gasteiger partial charge on any atom is -0.339 e. The Bertz CT molecular complexity index is 911. The smallest absolute Gasteiger partial charge is 0.339 e. The molecule has 0 aliphatic carbocycles. The highest BCUT2D eigenvalue weighted by Gasteiger charge is 2.31.